The number of nitrogens with zero attached hydrogens (tertiary/aromatic N) is 2. The fourth-order valence-electron chi connectivity index (χ4n) is 2.89. The highest BCUT2D eigenvalue weighted by Gasteiger charge is 2.36. The van der Waals surface area contributed by atoms with Crippen LogP contribution in [0.4, 0.5) is 19.6 Å². The Kier molecular flexibility index (Phi) is 4.71. The van der Waals surface area contributed by atoms with E-state index < -0.39 is 17.6 Å². The maximum Gasteiger partial charge on any atom is 0.231 e. The van der Waals surface area contributed by atoms with Crippen molar-refractivity contribution in [3.63, 3.8) is 0 Å². The quantitative estimate of drug-likeness (QED) is 0.710. The van der Waals surface area contributed by atoms with Crippen LogP contribution in [0.1, 0.15) is 6.42 Å². The highest BCUT2D eigenvalue weighted by atomic mass is 32.1. The molecule has 2 amide bonds. The molecule has 2 aromatic heterocycles. The number of benzene rings is 1. The first-order valence-corrected chi connectivity index (χ1v) is 9.83. The van der Waals surface area contributed by atoms with Gasteiger partial charge in [-0.2, -0.15) is 0 Å². The first kappa shape index (κ1) is 17.7. The Balaban J connectivity index is 1.45. The minimum Gasteiger partial charge on any atom is -0.309 e. The summed E-state index contributed by atoms with van der Waals surface area (Å²) in [6.45, 7) is 0.0381. The Bertz CT molecular complexity index is 1000. The number of rotatable bonds is 4. The second-order valence-corrected chi connectivity index (χ2v) is 7.81. The number of hydrogen-bond acceptors (Lipinski definition) is 5. The molecule has 1 N–H and O–H groups in total. The van der Waals surface area contributed by atoms with E-state index in [-0.39, 0.29) is 30.5 Å². The van der Waals surface area contributed by atoms with Crippen molar-refractivity contribution in [2.75, 3.05) is 16.8 Å². The number of nitrogens with one attached hydrogen (secondary N) is 1. The summed E-state index contributed by atoms with van der Waals surface area (Å²) in [5.41, 5.74) is 0.758. The van der Waals surface area contributed by atoms with E-state index in [4.69, 9.17) is 0 Å². The van der Waals surface area contributed by atoms with Crippen LogP contribution >= 0.6 is 22.7 Å². The molecule has 5 nitrogen and oxygen atoms in total. The SMILES string of the molecule is O=C(Nc1nc(-c2cccs2)cs1)C1CC(=O)N(c2ccc(F)cc2F)C1. The van der Waals surface area contributed by atoms with Gasteiger partial charge in [0.25, 0.3) is 0 Å². The average molecular weight is 405 g/mol. The van der Waals surface area contributed by atoms with Gasteiger partial charge in [-0.15, -0.1) is 22.7 Å². The van der Waals surface area contributed by atoms with Crippen molar-refractivity contribution in [3.05, 3.63) is 52.7 Å². The first-order chi connectivity index (χ1) is 13.0. The molecule has 1 saturated heterocycles. The minimum absolute atomic E-state index is 0.0223. The Hall–Kier alpha value is -2.65. The van der Waals surface area contributed by atoms with Gasteiger partial charge >= 0.3 is 0 Å². The van der Waals surface area contributed by atoms with Crippen LogP contribution < -0.4 is 10.2 Å². The van der Waals surface area contributed by atoms with Crippen molar-refractivity contribution < 1.29 is 18.4 Å². The van der Waals surface area contributed by atoms with E-state index in [0.29, 0.717) is 5.13 Å². The van der Waals surface area contributed by atoms with Gasteiger partial charge < -0.3 is 10.2 Å². The fourth-order valence-corrected chi connectivity index (χ4v) is 4.37. The molecule has 4 rings (SSSR count). The van der Waals surface area contributed by atoms with Gasteiger partial charge in [-0.3, -0.25) is 9.59 Å². The molecular formula is C18H13F2N3O2S2. The predicted molar refractivity (Wildman–Crippen MR) is 101 cm³/mol. The zero-order valence-electron chi connectivity index (χ0n) is 13.8. The molecule has 0 aliphatic carbocycles. The average Bonchev–Trinajstić information content (AvgIpc) is 3.35. The molecule has 9 heteroatoms. The van der Waals surface area contributed by atoms with Crippen molar-refractivity contribution in [3.8, 4) is 10.6 Å². The van der Waals surface area contributed by atoms with Gasteiger partial charge in [-0.05, 0) is 23.6 Å². The zero-order chi connectivity index (χ0) is 19.0. The smallest absolute Gasteiger partial charge is 0.231 e. The third-order valence-corrected chi connectivity index (χ3v) is 5.85. The lowest BCUT2D eigenvalue weighted by Crippen LogP contribution is -2.28. The van der Waals surface area contributed by atoms with Crippen LogP contribution in [0.3, 0.4) is 0 Å². The molecule has 1 unspecified atom stereocenters. The summed E-state index contributed by atoms with van der Waals surface area (Å²) in [6, 6.07) is 6.87. The van der Waals surface area contributed by atoms with Gasteiger partial charge in [-0.25, -0.2) is 13.8 Å². The lowest BCUT2D eigenvalue weighted by atomic mass is 10.1. The molecule has 1 aromatic carbocycles. The molecule has 1 atom stereocenters. The lowest BCUT2D eigenvalue weighted by Gasteiger charge is -2.17. The number of carbonyl (C=O) groups excluding carboxylic acids is 2. The number of aromatic nitrogens is 1. The maximum absolute atomic E-state index is 13.9. The molecule has 27 heavy (non-hydrogen) atoms. The van der Waals surface area contributed by atoms with E-state index in [9.17, 15) is 18.4 Å². The van der Waals surface area contributed by atoms with Crippen LogP contribution in [0.15, 0.2) is 41.1 Å². The second kappa shape index (κ2) is 7.16. The molecule has 0 spiro atoms. The summed E-state index contributed by atoms with van der Waals surface area (Å²) < 4.78 is 27.0. The topological polar surface area (TPSA) is 62.3 Å². The van der Waals surface area contributed by atoms with E-state index in [0.717, 1.165) is 22.7 Å². The van der Waals surface area contributed by atoms with E-state index in [1.807, 2.05) is 22.9 Å². The van der Waals surface area contributed by atoms with Crippen molar-refractivity contribution in [1.29, 1.82) is 0 Å². The third-order valence-electron chi connectivity index (χ3n) is 4.20. The molecule has 3 heterocycles. The zero-order valence-corrected chi connectivity index (χ0v) is 15.4. The molecule has 1 aliphatic heterocycles. The molecule has 0 radical (unpaired) electrons. The van der Waals surface area contributed by atoms with Crippen LogP contribution in [-0.4, -0.2) is 23.3 Å². The van der Waals surface area contributed by atoms with Gasteiger partial charge in [0.1, 0.15) is 11.6 Å². The summed E-state index contributed by atoms with van der Waals surface area (Å²) in [5, 5.41) is 6.96. The summed E-state index contributed by atoms with van der Waals surface area (Å²) in [7, 11) is 0. The van der Waals surface area contributed by atoms with Crippen molar-refractivity contribution in [2.24, 2.45) is 5.92 Å². The number of thiophene rings is 1. The Morgan fingerprint density at radius 1 is 1.26 bits per heavy atom. The van der Waals surface area contributed by atoms with Crippen molar-refractivity contribution >= 4 is 45.3 Å². The highest BCUT2D eigenvalue weighted by Crippen LogP contribution is 2.31. The molecule has 3 aromatic rings. The number of halogens is 2. The summed E-state index contributed by atoms with van der Waals surface area (Å²) in [5.74, 6) is -2.90. The summed E-state index contributed by atoms with van der Waals surface area (Å²) >= 11 is 2.85. The van der Waals surface area contributed by atoms with E-state index in [2.05, 4.69) is 10.3 Å². The highest BCUT2D eigenvalue weighted by molar-refractivity contribution is 7.16. The number of anilines is 2. The fraction of sp³-hybridized carbons (Fsp3) is 0.167. The van der Waals surface area contributed by atoms with E-state index >= 15 is 0 Å². The molecule has 0 saturated carbocycles. The number of carbonyl (C=O) groups is 2. The van der Waals surface area contributed by atoms with Gasteiger partial charge in [0, 0.05) is 24.4 Å². The van der Waals surface area contributed by atoms with Gasteiger partial charge in [0.05, 0.1) is 22.2 Å². The van der Waals surface area contributed by atoms with E-state index in [1.165, 1.54) is 22.3 Å². The summed E-state index contributed by atoms with van der Waals surface area (Å²) in [6.07, 6.45) is -0.0359. The third kappa shape index (κ3) is 3.60. The Morgan fingerprint density at radius 2 is 2.11 bits per heavy atom. The Morgan fingerprint density at radius 3 is 2.85 bits per heavy atom. The number of thiazole rings is 1. The van der Waals surface area contributed by atoms with Crippen LogP contribution in [0, 0.1) is 17.6 Å². The van der Waals surface area contributed by atoms with Gasteiger partial charge in [0.15, 0.2) is 5.13 Å². The Labute approximate surface area is 161 Å². The lowest BCUT2D eigenvalue weighted by molar-refractivity contribution is -0.122. The molecular weight excluding hydrogens is 392 g/mol. The van der Waals surface area contributed by atoms with E-state index in [1.54, 1.807) is 11.3 Å². The summed E-state index contributed by atoms with van der Waals surface area (Å²) in [4.78, 5) is 31.3. The second-order valence-electron chi connectivity index (χ2n) is 6.01. The van der Waals surface area contributed by atoms with Gasteiger partial charge in [-0.1, -0.05) is 6.07 Å². The first-order valence-electron chi connectivity index (χ1n) is 8.07. The number of hydrogen-bond donors (Lipinski definition) is 1. The van der Waals surface area contributed by atoms with Crippen molar-refractivity contribution in [1.82, 2.24) is 4.98 Å². The minimum atomic E-state index is -0.829. The largest absolute Gasteiger partial charge is 0.309 e. The monoisotopic (exact) mass is 405 g/mol. The van der Waals surface area contributed by atoms with Crippen LogP contribution in [0.25, 0.3) is 10.6 Å². The molecule has 138 valence electrons. The van der Waals surface area contributed by atoms with Crippen LogP contribution in [0.2, 0.25) is 0 Å². The van der Waals surface area contributed by atoms with Gasteiger partial charge in [0.2, 0.25) is 11.8 Å². The molecule has 1 aliphatic rings. The van der Waals surface area contributed by atoms with Crippen LogP contribution in [0.5, 0.6) is 0 Å². The number of amides is 2. The van der Waals surface area contributed by atoms with Crippen molar-refractivity contribution in [2.45, 2.75) is 6.42 Å². The maximum atomic E-state index is 13.9. The standard InChI is InChI=1S/C18H13F2N3O2S2/c19-11-3-4-14(12(20)7-11)23-8-10(6-16(23)24)17(25)22-18-21-13(9-27-18)15-2-1-5-26-15/h1-5,7,9-10H,6,8H2,(H,21,22,25). The molecule has 1 fully saturated rings. The molecule has 0 bridgehead atoms. The van der Waals surface area contributed by atoms with Crippen LogP contribution in [-0.2, 0) is 9.59 Å². The normalized spacial score (nSPS) is 16.7. The predicted octanol–water partition coefficient (Wildman–Crippen LogP) is 4.14.